The summed E-state index contributed by atoms with van der Waals surface area (Å²) in [4.78, 5) is 22.5. The number of carbonyl (C=O) groups is 1. The monoisotopic (exact) mass is 289 g/mol. The maximum atomic E-state index is 12.2. The van der Waals surface area contributed by atoms with Gasteiger partial charge in [-0.15, -0.1) is 0 Å². The van der Waals surface area contributed by atoms with Crippen molar-refractivity contribution in [1.29, 1.82) is 0 Å². The van der Waals surface area contributed by atoms with Gasteiger partial charge in [0.1, 0.15) is 0 Å². The van der Waals surface area contributed by atoms with Crippen LogP contribution in [-0.4, -0.2) is 10.7 Å². The third-order valence-corrected chi connectivity index (χ3v) is 3.39. The van der Waals surface area contributed by atoms with E-state index in [0.717, 1.165) is 5.56 Å². The Morgan fingerprint density at radius 1 is 1.25 bits per heavy atom. The van der Waals surface area contributed by atoms with Crippen LogP contribution >= 0.6 is 11.6 Å². The summed E-state index contributed by atoms with van der Waals surface area (Å²) in [5.41, 5.74) is 1.68. The summed E-state index contributed by atoms with van der Waals surface area (Å²) in [7, 11) is 0. The van der Waals surface area contributed by atoms with Crippen molar-refractivity contribution in [2.45, 2.75) is 13.3 Å². The molecule has 0 fully saturated rings. The van der Waals surface area contributed by atoms with Crippen LogP contribution in [0.1, 0.15) is 21.5 Å². The van der Waals surface area contributed by atoms with E-state index in [2.05, 4.69) is 0 Å². The molecule has 0 spiro atoms. The molecule has 0 atom stereocenters. The molecule has 102 valence electrons. The molecule has 5 heteroatoms. The minimum Gasteiger partial charge on any atom is -0.294 e. The van der Waals surface area contributed by atoms with Gasteiger partial charge in [0, 0.05) is 28.6 Å². The number of hydrogen-bond acceptors (Lipinski definition) is 3. The third kappa shape index (κ3) is 3.03. The summed E-state index contributed by atoms with van der Waals surface area (Å²) >= 11 is 6.01. The average Bonchev–Trinajstić information content (AvgIpc) is 2.40. The minimum absolute atomic E-state index is 0.0132. The van der Waals surface area contributed by atoms with Crippen molar-refractivity contribution in [3.8, 4) is 0 Å². The lowest BCUT2D eigenvalue weighted by Crippen LogP contribution is -2.05. The van der Waals surface area contributed by atoms with Crippen molar-refractivity contribution in [1.82, 2.24) is 0 Å². The molecule has 0 aromatic heterocycles. The van der Waals surface area contributed by atoms with Crippen LogP contribution in [0.25, 0.3) is 0 Å². The molecule has 4 nitrogen and oxygen atoms in total. The summed E-state index contributed by atoms with van der Waals surface area (Å²) in [6.07, 6.45) is 0.178. The van der Waals surface area contributed by atoms with Crippen molar-refractivity contribution in [2.24, 2.45) is 0 Å². The number of aryl methyl sites for hydroxylation is 1. The second kappa shape index (κ2) is 5.84. The molecule has 0 heterocycles. The van der Waals surface area contributed by atoms with Crippen molar-refractivity contribution >= 4 is 23.1 Å². The fourth-order valence-electron chi connectivity index (χ4n) is 1.95. The SMILES string of the molecule is Cc1cc(C(=O)Cc2ccccc2Cl)ccc1[N+](=O)[O-]. The third-order valence-electron chi connectivity index (χ3n) is 3.02. The van der Waals surface area contributed by atoms with E-state index in [1.807, 2.05) is 6.07 Å². The van der Waals surface area contributed by atoms with Gasteiger partial charge in [-0.3, -0.25) is 14.9 Å². The molecule has 0 saturated carbocycles. The molecule has 0 radical (unpaired) electrons. The van der Waals surface area contributed by atoms with Crippen LogP contribution in [0.2, 0.25) is 5.02 Å². The Kier molecular flexibility index (Phi) is 4.15. The number of rotatable bonds is 4. The Morgan fingerprint density at radius 3 is 2.55 bits per heavy atom. The van der Waals surface area contributed by atoms with Gasteiger partial charge in [-0.25, -0.2) is 0 Å². The number of nitrogens with zero attached hydrogens (tertiary/aromatic N) is 1. The first kappa shape index (κ1) is 14.2. The number of halogens is 1. The van der Waals surface area contributed by atoms with Gasteiger partial charge in [0.15, 0.2) is 5.78 Å². The minimum atomic E-state index is -0.461. The fourth-order valence-corrected chi connectivity index (χ4v) is 2.15. The van der Waals surface area contributed by atoms with E-state index in [4.69, 9.17) is 11.6 Å². The van der Waals surface area contributed by atoms with Crippen LogP contribution in [0.5, 0.6) is 0 Å². The molecule has 0 bridgehead atoms. The highest BCUT2D eigenvalue weighted by Gasteiger charge is 2.14. The van der Waals surface area contributed by atoms with Gasteiger partial charge in [-0.2, -0.15) is 0 Å². The molecule has 0 amide bonds. The van der Waals surface area contributed by atoms with E-state index in [9.17, 15) is 14.9 Å². The molecule has 0 aliphatic rings. The highest BCUT2D eigenvalue weighted by molar-refractivity contribution is 6.31. The lowest BCUT2D eigenvalue weighted by atomic mass is 10.0. The van der Waals surface area contributed by atoms with Gasteiger partial charge in [0.05, 0.1) is 4.92 Å². The molecule has 0 aliphatic carbocycles. The number of carbonyl (C=O) groups excluding carboxylic acids is 1. The topological polar surface area (TPSA) is 60.2 Å². The predicted octanol–water partition coefficient (Wildman–Crippen LogP) is 3.98. The van der Waals surface area contributed by atoms with Gasteiger partial charge < -0.3 is 0 Å². The molecule has 0 aliphatic heterocycles. The van der Waals surface area contributed by atoms with Gasteiger partial charge in [0.25, 0.3) is 5.69 Å². The van der Waals surface area contributed by atoms with Gasteiger partial charge in [0.2, 0.25) is 0 Å². The van der Waals surface area contributed by atoms with E-state index >= 15 is 0 Å². The fraction of sp³-hybridized carbons (Fsp3) is 0.133. The van der Waals surface area contributed by atoms with E-state index in [1.165, 1.54) is 18.2 Å². The van der Waals surface area contributed by atoms with Gasteiger partial charge in [-0.05, 0) is 30.7 Å². The van der Waals surface area contributed by atoms with E-state index < -0.39 is 4.92 Å². The number of benzene rings is 2. The highest BCUT2D eigenvalue weighted by Crippen LogP contribution is 2.21. The van der Waals surface area contributed by atoms with Gasteiger partial charge in [-0.1, -0.05) is 29.8 Å². The number of nitro groups is 1. The molecule has 2 rings (SSSR count). The van der Waals surface area contributed by atoms with Crippen LogP contribution < -0.4 is 0 Å². The van der Waals surface area contributed by atoms with E-state index in [0.29, 0.717) is 16.1 Å². The summed E-state index contributed by atoms with van der Waals surface area (Å²) < 4.78 is 0. The van der Waals surface area contributed by atoms with Crippen LogP contribution in [0.4, 0.5) is 5.69 Å². The van der Waals surface area contributed by atoms with Gasteiger partial charge >= 0.3 is 0 Å². The van der Waals surface area contributed by atoms with Crippen LogP contribution in [0, 0.1) is 17.0 Å². The zero-order valence-corrected chi connectivity index (χ0v) is 11.6. The van der Waals surface area contributed by atoms with Crippen LogP contribution in [0.3, 0.4) is 0 Å². The molecular formula is C15H12ClNO3. The van der Waals surface area contributed by atoms with Crippen molar-refractivity contribution in [2.75, 3.05) is 0 Å². The number of hydrogen-bond donors (Lipinski definition) is 0. The number of ketones is 1. The Labute approximate surface area is 121 Å². The normalized spacial score (nSPS) is 10.3. The maximum absolute atomic E-state index is 12.2. The summed E-state index contributed by atoms with van der Waals surface area (Å²) in [5.74, 6) is -0.115. The standard InChI is InChI=1S/C15H12ClNO3/c1-10-8-12(6-7-14(10)17(19)20)15(18)9-11-4-2-3-5-13(11)16/h2-8H,9H2,1H3. The van der Waals surface area contributed by atoms with Crippen LogP contribution in [0.15, 0.2) is 42.5 Å². The average molecular weight is 290 g/mol. The molecule has 0 saturated heterocycles. The largest absolute Gasteiger partial charge is 0.294 e. The lowest BCUT2D eigenvalue weighted by molar-refractivity contribution is -0.385. The first-order valence-corrected chi connectivity index (χ1v) is 6.38. The van der Waals surface area contributed by atoms with Crippen molar-refractivity contribution < 1.29 is 9.72 Å². The number of Topliss-reactive ketones (excluding diaryl/α,β-unsaturated/α-hetero) is 1. The Balaban J connectivity index is 2.24. The lowest BCUT2D eigenvalue weighted by Gasteiger charge is -2.05. The molecular weight excluding hydrogens is 278 g/mol. The highest BCUT2D eigenvalue weighted by atomic mass is 35.5. The van der Waals surface area contributed by atoms with Crippen molar-refractivity contribution in [3.05, 3.63) is 74.3 Å². The first-order chi connectivity index (χ1) is 9.49. The zero-order valence-electron chi connectivity index (χ0n) is 10.8. The number of nitro benzene ring substituents is 1. The quantitative estimate of drug-likeness (QED) is 0.486. The summed E-state index contributed by atoms with van der Waals surface area (Å²) in [6.45, 7) is 1.62. The molecule has 0 unspecified atom stereocenters. The Bertz CT molecular complexity index is 683. The predicted molar refractivity (Wildman–Crippen MR) is 77.3 cm³/mol. The Hall–Kier alpha value is -2.20. The zero-order chi connectivity index (χ0) is 14.7. The van der Waals surface area contributed by atoms with E-state index in [1.54, 1.807) is 25.1 Å². The second-order valence-corrected chi connectivity index (χ2v) is 4.86. The Morgan fingerprint density at radius 2 is 1.95 bits per heavy atom. The molecule has 2 aromatic carbocycles. The molecule has 0 N–H and O–H groups in total. The second-order valence-electron chi connectivity index (χ2n) is 4.45. The summed E-state index contributed by atoms with van der Waals surface area (Å²) in [5, 5.41) is 11.3. The van der Waals surface area contributed by atoms with Crippen LogP contribution in [-0.2, 0) is 6.42 Å². The summed E-state index contributed by atoms with van der Waals surface area (Å²) in [6, 6.07) is 11.5. The maximum Gasteiger partial charge on any atom is 0.272 e. The molecule has 2 aromatic rings. The molecule has 20 heavy (non-hydrogen) atoms. The first-order valence-electron chi connectivity index (χ1n) is 6.00. The van der Waals surface area contributed by atoms with E-state index in [-0.39, 0.29) is 17.9 Å². The van der Waals surface area contributed by atoms with Crippen molar-refractivity contribution in [3.63, 3.8) is 0 Å². The smallest absolute Gasteiger partial charge is 0.272 e.